The molecule has 322 valence electrons. The van der Waals surface area contributed by atoms with Gasteiger partial charge in [-0.15, -0.1) is 0 Å². The van der Waals surface area contributed by atoms with E-state index in [2.05, 4.69) is 93.4 Å². The van der Waals surface area contributed by atoms with Gasteiger partial charge in [-0.25, -0.2) is 19.6 Å². The summed E-state index contributed by atoms with van der Waals surface area (Å²) in [5, 5.41) is 9.74. The number of aromatic nitrogens is 4. The summed E-state index contributed by atoms with van der Waals surface area (Å²) in [5.41, 5.74) is 5.88. The molecule has 14 nitrogen and oxygen atoms in total. The fraction of sp³-hybridized carbons (Fsp3) is 0.375. The highest BCUT2D eigenvalue weighted by Crippen LogP contribution is 2.41. The van der Waals surface area contributed by atoms with Gasteiger partial charge in [0.05, 0.1) is 50.1 Å². The third-order valence-corrected chi connectivity index (χ3v) is 12.4. The number of amides is 4. The predicted molar refractivity (Wildman–Crippen MR) is 238 cm³/mol. The fourth-order valence-electron chi connectivity index (χ4n) is 9.23. The van der Waals surface area contributed by atoms with Crippen molar-refractivity contribution in [3.63, 3.8) is 0 Å². The number of methoxy groups -OCH3 is 2. The smallest absolute Gasteiger partial charge is 0.407 e. The third-order valence-electron chi connectivity index (χ3n) is 12.4. The van der Waals surface area contributed by atoms with Gasteiger partial charge in [-0.2, -0.15) is 0 Å². The first-order chi connectivity index (χ1) is 30.0. The van der Waals surface area contributed by atoms with Gasteiger partial charge < -0.3 is 39.9 Å². The molecule has 4 amide bonds. The molecule has 4 heterocycles. The third kappa shape index (κ3) is 7.96. The fourth-order valence-corrected chi connectivity index (χ4v) is 9.23. The van der Waals surface area contributed by atoms with Crippen molar-refractivity contribution in [1.29, 1.82) is 0 Å². The van der Waals surface area contributed by atoms with E-state index >= 15 is 0 Å². The van der Waals surface area contributed by atoms with Gasteiger partial charge in [0.1, 0.15) is 23.7 Å². The van der Waals surface area contributed by atoms with E-state index in [1.807, 2.05) is 49.9 Å². The number of alkyl carbamates (subject to hydrolysis) is 2. The maximum atomic E-state index is 13.8. The maximum Gasteiger partial charge on any atom is 0.407 e. The van der Waals surface area contributed by atoms with Gasteiger partial charge in [-0.3, -0.25) is 9.59 Å². The standard InChI is InChI=1S/C48H54N8O6/c1-27(2)41(53-47(59)61-5)45(57)55-23-11-21-39(55)43-49-25-37(51-43)35-19-9-15-31-29(13-7-17-33(31)35)30-14-8-18-34-32(30)16-10-20-36(34)38-26-50-44(52-38)40-22-12-24-56(40)46(58)42(28(3)4)54-48(60)62-6/h7-10,13-20,25-28,39-42H,11-12,21-24H2,1-6H3,(H,49,51)(H,50,52)(H,53,59)(H,54,60)/t39-,40-,41-,42?/m0/s1. The lowest BCUT2D eigenvalue weighted by atomic mass is 9.90. The van der Waals surface area contributed by atoms with E-state index in [1.165, 1.54) is 14.2 Å². The van der Waals surface area contributed by atoms with Crippen molar-refractivity contribution in [2.24, 2.45) is 11.8 Å². The van der Waals surface area contributed by atoms with E-state index in [1.54, 1.807) is 0 Å². The number of aromatic amines is 2. The van der Waals surface area contributed by atoms with Crippen LogP contribution in [0.2, 0.25) is 0 Å². The van der Waals surface area contributed by atoms with Crippen LogP contribution in [0, 0.1) is 11.8 Å². The van der Waals surface area contributed by atoms with E-state index in [9.17, 15) is 19.2 Å². The van der Waals surface area contributed by atoms with Crippen LogP contribution < -0.4 is 10.6 Å². The van der Waals surface area contributed by atoms with E-state index in [0.29, 0.717) is 24.7 Å². The van der Waals surface area contributed by atoms with Gasteiger partial charge in [0.15, 0.2) is 0 Å². The Bertz CT molecular complexity index is 2450. The van der Waals surface area contributed by atoms with Gasteiger partial charge in [0.2, 0.25) is 11.8 Å². The summed E-state index contributed by atoms with van der Waals surface area (Å²) in [4.78, 5) is 72.2. The van der Waals surface area contributed by atoms with Crippen molar-refractivity contribution in [1.82, 2.24) is 40.4 Å². The second-order valence-electron chi connectivity index (χ2n) is 16.9. The molecule has 4 N–H and O–H groups in total. The maximum absolute atomic E-state index is 13.8. The number of rotatable bonds is 11. The van der Waals surface area contributed by atoms with Gasteiger partial charge in [-0.1, -0.05) is 100 Å². The quantitative estimate of drug-likeness (QED) is 0.100. The summed E-state index contributed by atoms with van der Waals surface area (Å²) in [6, 6.07) is 23.4. The zero-order valence-corrected chi connectivity index (χ0v) is 36.0. The predicted octanol–water partition coefficient (Wildman–Crippen LogP) is 8.53. The molecule has 8 rings (SSSR count). The lowest BCUT2D eigenvalue weighted by Gasteiger charge is -2.30. The number of likely N-dealkylation sites (tertiary alicyclic amines) is 2. The Morgan fingerprint density at radius 2 is 0.935 bits per heavy atom. The number of hydrogen-bond acceptors (Lipinski definition) is 8. The Hall–Kier alpha value is -6.70. The van der Waals surface area contributed by atoms with E-state index in [4.69, 9.17) is 19.4 Å². The molecule has 4 atom stereocenters. The molecule has 14 heteroatoms. The van der Waals surface area contributed by atoms with E-state index in [0.717, 1.165) is 80.9 Å². The number of imidazole rings is 2. The Balaban J connectivity index is 1.08. The zero-order valence-electron chi connectivity index (χ0n) is 36.0. The molecule has 0 saturated carbocycles. The molecule has 2 fully saturated rings. The van der Waals surface area contributed by atoms with Crippen molar-refractivity contribution in [3.05, 3.63) is 96.8 Å². The van der Waals surface area contributed by atoms with E-state index < -0.39 is 24.3 Å². The lowest BCUT2D eigenvalue weighted by Crippen LogP contribution is -2.51. The van der Waals surface area contributed by atoms with Crippen LogP contribution in [0.1, 0.15) is 77.1 Å². The summed E-state index contributed by atoms with van der Waals surface area (Å²) >= 11 is 0. The first-order valence-corrected chi connectivity index (χ1v) is 21.4. The molecule has 0 bridgehead atoms. The summed E-state index contributed by atoms with van der Waals surface area (Å²) in [5.74, 6) is 0.884. The molecule has 2 aromatic heterocycles. The molecule has 0 radical (unpaired) electrons. The van der Waals surface area contributed by atoms with Gasteiger partial charge in [0, 0.05) is 24.2 Å². The van der Waals surface area contributed by atoms with Crippen LogP contribution in [0.4, 0.5) is 9.59 Å². The topological polar surface area (TPSA) is 175 Å². The molecule has 2 aliphatic heterocycles. The Kier molecular flexibility index (Phi) is 12.0. The summed E-state index contributed by atoms with van der Waals surface area (Å²) in [6.45, 7) is 8.78. The second-order valence-corrected chi connectivity index (χ2v) is 16.9. The summed E-state index contributed by atoms with van der Waals surface area (Å²) < 4.78 is 9.61. The second kappa shape index (κ2) is 17.7. The highest BCUT2D eigenvalue weighted by Gasteiger charge is 2.39. The lowest BCUT2D eigenvalue weighted by molar-refractivity contribution is -0.136. The molecule has 62 heavy (non-hydrogen) atoms. The van der Waals surface area contributed by atoms with Gasteiger partial charge in [-0.05, 0) is 70.2 Å². The number of H-pyrrole nitrogens is 2. The minimum atomic E-state index is -0.710. The normalized spacial score (nSPS) is 17.5. The van der Waals surface area contributed by atoms with E-state index in [-0.39, 0.29) is 35.7 Å². The number of fused-ring (bicyclic) bond motifs is 2. The first-order valence-electron chi connectivity index (χ1n) is 21.4. The minimum Gasteiger partial charge on any atom is -0.453 e. The van der Waals surface area contributed by atoms with Gasteiger partial charge >= 0.3 is 12.2 Å². The largest absolute Gasteiger partial charge is 0.453 e. The number of carbonyl (C=O) groups excluding carboxylic acids is 4. The first kappa shape index (κ1) is 42.0. The average molecular weight is 839 g/mol. The number of ether oxygens (including phenoxy) is 2. The highest BCUT2D eigenvalue weighted by molar-refractivity contribution is 6.11. The molecule has 6 aromatic rings. The van der Waals surface area contributed by atoms with Crippen LogP contribution in [-0.4, -0.2) is 93.1 Å². The van der Waals surface area contributed by atoms with Crippen molar-refractivity contribution in [2.45, 2.75) is 77.5 Å². The Labute approximate surface area is 360 Å². The van der Waals surface area contributed by atoms with Crippen LogP contribution >= 0.6 is 0 Å². The van der Waals surface area contributed by atoms with Crippen LogP contribution in [0.3, 0.4) is 0 Å². The summed E-state index contributed by atoms with van der Waals surface area (Å²) in [7, 11) is 2.59. The Morgan fingerprint density at radius 1 is 0.581 bits per heavy atom. The number of nitrogens with zero attached hydrogens (tertiary/aromatic N) is 4. The van der Waals surface area contributed by atoms with Crippen molar-refractivity contribution in [2.75, 3.05) is 27.3 Å². The van der Waals surface area contributed by atoms with Crippen LogP contribution in [0.5, 0.6) is 0 Å². The molecule has 4 aromatic carbocycles. The van der Waals surface area contributed by atoms with Crippen LogP contribution in [-0.2, 0) is 19.1 Å². The monoisotopic (exact) mass is 838 g/mol. The molecule has 0 aliphatic carbocycles. The number of nitrogens with one attached hydrogen (secondary N) is 4. The highest BCUT2D eigenvalue weighted by atomic mass is 16.5. The Morgan fingerprint density at radius 3 is 1.29 bits per heavy atom. The van der Waals surface area contributed by atoms with Crippen LogP contribution in [0.25, 0.3) is 55.2 Å². The number of carbonyl (C=O) groups is 4. The number of hydrogen-bond donors (Lipinski definition) is 4. The molecule has 2 saturated heterocycles. The average Bonchev–Trinajstić information content (AvgIpc) is 4.13. The molecule has 2 aliphatic rings. The minimum absolute atomic E-state index is 0.124. The van der Waals surface area contributed by atoms with Crippen molar-refractivity contribution >= 4 is 45.5 Å². The molecule has 0 spiro atoms. The molecule has 1 unspecified atom stereocenters. The summed E-state index contributed by atoms with van der Waals surface area (Å²) in [6.07, 6.45) is 5.61. The molecular formula is C48H54N8O6. The van der Waals surface area contributed by atoms with Crippen LogP contribution in [0.15, 0.2) is 85.2 Å². The SMILES string of the molecule is COC(=O)NC(C(=O)N1CCC[C@H]1c1ncc(-c2cccc3c(-c4cccc5c(-c6cnc([C@@H]7CCCN7C(=O)[C@@H](NC(=O)OC)C(C)C)[nH]6)cccc45)cccc23)[nH]1)C(C)C. The van der Waals surface area contributed by atoms with Gasteiger partial charge in [0.25, 0.3) is 0 Å². The number of benzene rings is 4. The zero-order chi connectivity index (χ0) is 43.7. The van der Waals surface area contributed by atoms with Crippen molar-refractivity contribution in [3.8, 4) is 33.6 Å². The molecular weight excluding hydrogens is 785 g/mol. The van der Waals surface area contributed by atoms with Crippen molar-refractivity contribution < 1.29 is 28.7 Å².